The second-order valence-electron chi connectivity index (χ2n) is 1.98. The maximum atomic E-state index is 3.84. The van der Waals surface area contributed by atoms with Crippen molar-refractivity contribution >= 4 is 0 Å². The van der Waals surface area contributed by atoms with E-state index in [0.29, 0.717) is 0 Å². The van der Waals surface area contributed by atoms with Crippen molar-refractivity contribution in [1.29, 1.82) is 0 Å². The van der Waals surface area contributed by atoms with Crippen LogP contribution in [-0.4, -0.2) is 0 Å². The Bertz CT molecular complexity index is 138. The summed E-state index contributed by atoms with van der Waals surface area (Å²) in [6, 6.07) is 0. The van der Waals surface area contributed by atoms with Crippen LogP contribution in [0.1, 0.15) is 20.3 Å². The molecule has 0 radical (unpaired) electrons. The summed E-state index contributed by atoms with van der Waals surface area (Å²) < 4.78 is 0. The molecule has 0 N–H and O–H groups in total. The average molecular weight is 122 g/mol. The van der Waals surface area contributed by atoms with Gasteiger partial charge in [0.25, 0.3) is 0 Å². The van der Waals surface area contributed by atoms with Crippen molar-refractivity contribution in [2.24, 2.45) is 0 Å². The van der Waals surface area contributed by atoms with Crippen molar-refractivity contribution in [3.05, 3.63) is 36.5 Å². The Labute approximate surface area is 57.6 Å². The minimum absolute atomic E-state index is 0.989. The molecule has 0 aromatic heterocycles. The van der Waals surface area contributed by atoms with Gasteiger partial charge in [-0.25, -0.2) is 0 Å². The molecule has 0 bridgehead atoms. The SMILES string of the molecule is C=C(C=CC)C(=C)CC. The third kappa shape index (κ3) is 2.91. The molecule has 0 aliphatic carbocycles. The molecule has 0 heteroatoms. The predicted molar refractivity (Wildman–Crippen MR) is 43.4 cm³/mol. The minimum Gasteiger partial charge on any atom is -0.0953 e. The summed E-state index contributed by atoms with van der Waals surface area (Å²) in [5, 5.41) is 0. The number of hydrogen-bond acceptors (Lipinski definition) is 0. The lowest BCUT2D eigenvalue weighted by Crippen LogP contribution is -1.78. The lowest BCUT2D eigenvalue weighted by molar-refractivity contribution is 1.14. The van der Waals surface area contributed by atoms with Gasteiger partial charge >= 0.3 is 0 Å². The normalized spacial score (nSPS) is 10.0. The van der Waals surface area contributed by atoms with E-state index in [4.69, 9.17) is 0 Å². The highest BCUT2D eigenvalue weighted by atomic mass is 13.9. The second kappa shape index (κ2) is 4.13. The molecular formula is C9H14. The van der Waals surface area contributed by atoms with Gasteiger partial charge in [0.05, 0.1) is 0 Å². The molecule has 0 unspecified atom stereocenters. The number of hydrogen-bond donors (Lipinski definition) is 0. The predicted octanol–water partition coefficient (Wildman–Crippen LogP) is 3.08. The van der Waals surface area contributed by atoms with Gasteiger partial charge in [0.1, 0.15) is 0 Å². The number of allylic oxidation sites excluding steroid dienone is 4. The van der Waals surface area contributed by atoms with E-state index in [9.17, 15) is 0 Å². The molecule has 0 spiro atoms. The van der Waals surface area contributed by atoms with E-state index in [1.807, 2.05) is 19.1 Å². The minimum atomic E-state index is 0.989. The molecule has 0 fully saturated rings. The first kappa shape index (κ1) is 8.22. The highest BCUT2D eigenvalue weighted by molar-refractivity contribution is 5.34. The van der Waals surface area contributed by atoms with Crippen molar-refractivity contribution in [2.45, 2.75) is 20.3 Å². The molecule has 0 aliphatic rings. The lowest BCUT2D eigenvalue weighted by atomic mass is 10.1. The van der Waals surface area contributed by atoms with Crippen LogP contribution in [0, 0.1) is 0 Å². The zero-order valence-corrected chi connectivity index (χ0v) is 6.28. The monoisotopic (exact) mass is 122 g/mol. The summed E-state index contributed by atoms with van der Waals surface area (Å²) in [6.45, 7) is 11.7. The Morgan fingerprint density at radius 2 is 2.00 bits per heavy atom. The second-order valence-corrected chi connectivity index (χ2v) is 1.98. The molecule has 9 heavy (non-hydrogen) atoms. The fraction of sp³-hybridized carbons (Fsp3) is 0.333. The van der Waals surface area contributed by atoms with E-state index in [2.05, 4.69) is 20.1 Å². The van der Waals surface area contributed by atoms with Crippen LogP contribution >= 0.6 is 0 Å². The third-order valence-corrected chi connectivity index (χ3v) is 1.25. The van der Waals surface area contributed by atoms with Crippen LogP contribution in [0.15, 0.2) is 36.5 Å². The molecule has 0 atom stereocenters. The summed E-state index contributed by atoms with van der Waals surface area (Å²) in [5.41, 5.74) is 2.16. The molecule has 0 aromatic rings. The van der Waals surface area contributed by atoms with Crippen molar-refractivity contribution in [3.8, 4) is 0 Å². The van der Waals surface area contributed by atoms with E-state index in [0.717, 1.165) is 17.6 Å². The molecule has 0 nitrogen and oxygen atoms in total. The summed E-state index contributed by atoms with van der Waals surface area (Å²) in [7, 11) is 0. The maximum Gasteiger partial charge on any atom is -0.0306 e. The Balaban J connectivity index is 3.89. The van der Waals surface area contributed by atoms with Gasteiger partial charge in [-0.15, -0.1) is 0 Å². The van der Waals surface area contributed by atoms with Crippen LogP contribution in [0.4, 0.5) is 0 Å². The van der Waals surface area contributed by atoms with E-state index in [-0.39, 0.29) is 0 Å². The molecule has 0 heterocycles. The van der Waals surface area contributed by atoms with Crippen LogP contribution in [0.25, 0.3) is 0 Å². The molecule has 50 valence electrons. The van der Waals surface area contributed by atoms with Gasteiger partial charge in [-0.1, -0.05) is 32.2 Å². The smallest absolute Gasteiger partial charge is 0.0306 e. The first-order chi connectivity index (χ1) is 4.22. The van der Waals surface area contributed by atoms with Crippen molar-refractivity contribution in [3.63, 3.8) is 0 Å². The molecule has 0 saturated carbocycles. The Morgan fingerprint density at radius 3 is 2.33 bits per heavy atom. The van der Waals surface area contributed by atoms with Gasteiger partial charge in [-0.05, 0) is 24.5 Å². The number of rotatable bonds is 3. The zero-order chi connectivity index (χ0) is 7.28. The molecular weight excluding hydrogens is 108 g/mol. The molecule has 0 amide bonds. The average Bonchev–Trinajstić information content (AvgIpc) is 1.87. The first-order valence-electron chi connectivity index (χ1n) is 3.22. The van der Waals surface area contributed by atoms with Gasteiger partial charge < -0.3 is 0 Å². The third-order valence-electron chi connectivity index (χ3n) is 1.25. The van der Waals surface area contributed by atoms with E-state index in [1.165, 1.54) is 0 Å². The van der Waals surface area contributed by atoms with Crippen molar-refractivity contribution < 1.29 is 0 Å². The molecule has 0 aromatic carbocycles. The summed E-state index contributed by atoms with van der Waals surface area (Å²) in [6.07, 6.45) is 4.94. The van der Waals surface area contributed by atoms with Gasteiger partial charge in [-0.2, -0.15) is 0 Å². The Hall–Kier alpha value is -0.780. The highest BCUT2D eigenvalue weighted by Crippen LogP contribution is 2.09. The van der Waals surface area contributed by atoms with E-state index < -0.39 is 0 Å². The molecule has 0 saturated heterocycles. The van der Waals surface area contributed by atoms with Crippen LogP contribution < -0.4 is 0 Å². The van der Waals surface area contributed by atoms with E-state index >= 15 is 0 Å². The fourth-order valence-electron chi connectivity index (χ4n) is 0.546. The molecule has 0 aliphatic heterocycles. The summed E-state index contributed by atoms with van der Waals surface area (Å²) in [4.78, 5) is 0. The van der Waals surface area contributed by atoms with Crippen molar-refractivity contribution in [2.75, 3.05) is 0 Å². The van der Waals surface area contributed by atoms with Gasteiger partial charge in [0.15, 0.2) is 0 Å². The van der Waals surface area contributed by atoms with Crippen LogP contribution in [-0.2, 0) is 0 Å². The summed E-state index contributed by atoms with van der Waals surface area (Å²) in [5.74, 6) is 0. The first-order valence-corrected chi connectivity index (χ1v) is 3.22. The van der Waals surface area contributed by atoms with Gasteiger partial charge in [-0.3, -0.25) is 0 Å². The van der Waals surface area contributed by atoms with Crippen LogP contribution in [0.5, 0.6) is 0 Å². The topological polar surface area (TPSA) is 0 Å². The van der Waals surface area contributed by atoms with Gasteiger partial charge in [0.2, 0.25) is 0 Å². The van der Waals surface area contributed by atoms with E-state index in [1.54, 1.807) is 0 Å². The fourth-order valence-corrected chi connectivity index (χ4v) is 0.546. The van der Waals surface area contributed by atoms with Crippen molar-refractivity contribution in [1.82, 2.24) is 0 Å². The lowest BCUT2D eigenvalue weighted by Gasteiger charge is -1.98. The maximum absolute atomic E-state index is 3.84. The Morgan fingerprint density at radius 1 is 1.44 bits per heavy atom. The highest BCUT2D eigenvalue weighted by Gasteiger charge is 1.89. The van der Waals surface area contributed by atoms with Crippen LogP contribution in [0.2, 0.25) is 0 Å². The Kier molecular flexibility index (Phi) is 3.78. The van der Waals surface area contributed by atoms with Crippen LogP contribution in [0.3, 0.4) is 0 Å². The standard InChI is InChI=1S/C9H14/c1-5-7-9(4)8(3)6-2/h5,7H,3-4,6H2,1-2H3. The summed E-state index contributed by atoms with van der Waals surface area (Å²) >= 11 is 0. The quantitative estimate of drug-likeness (QED) is 0.504. The molecule has 0 rings (SSSR count). The largest absolute Gasteiger partial charge is 0.0953 e. The zero-order valence-electron chi connectivity index (χ0n) is 6.28. The van der Waals surface area contributed by atoms with Gasteiger partial charge in [0, 0.05) is 0 Å².